The summed E-state index contributed by atoms with van der Waals surface area (Å²) in [6.45, 7) is 7.25. The van der Waals surface area contributed by atoms with Crippen molar-refractivity contribution < 1.29 is 34.2 Å². The molecule has 0 saturated carbocycles. The molecule has 9 heteroatoms. The number of rotatable bonds is 12. The van der Waals surface area contributed by atoms with Gasteiger partial charge in [-0.3, -0.25) is 4.79 Å². The van der Waals surface area contributed by atoms with E-state index < -0.39 is 35.3 Å². The standard InChI is InChI=1S/C21H34N2O7/c1-5-6-7-8-9-10-16(24)22-15(20(28)29-21(2,3)4)11-14-19(27)30-23-17(25)12-13-18(23)26/h12-13,15,25-26H,5-11,14H2,1-4H3,(H,22,24)/t15-/m0/s1. The summed E-state index contributed by atoms with van der Waals surface area (Å²) in [4.78, 5) is 41.6. The van der Waals surface area contributed by atoms with Crippen LogP contribution < -0.4 is 10.2 Å². The Kier molecular flexibility index (Phi) is 10.2. The minimum atomic E-state index is -1.01. The molecule has 0 radical (unpaired) electrons. The van der Waals surface area contributed by atoms with Crippen molar-refractivity contribution in [3.8, 4) is 11.8 Å². The number of nitrogens with one attached hydrogen (secondary N) is 1. The molecule has 30 heavy (non-hydrogen) atoms. The van der Waals surface area contributed by atoms with E-state index in [2.05, 4.69) is 12.2 Å². The monoisotopic (exact) mass is 426 g/mol. The second-order valence-corrected chi connectivity index (χ2v) is 8.16. The highest BCUT2D eigenvalue weighted by atomic mass is 16.7. The SMILES string of the molecule is CCCCCCCC(=O)N[C@@H](CCC(=O)On1c(O)ccc1O)C(=O)OC(C)(C)C. The van der Waals surface area contributed by atoms with Gasteiger partial charge in [0.2, 0.25) is 17.7 Å². The van der Waals surface area contributed by atoms with E-state index in [0.29, 0.717) is 11.2 Å². The van der Waals surface area contributed by atoms with E-state index in [1.165, 1.54) is 0 Å². The fourth-order valence-electron chi connectivity index (χ4n) is 2.68. The Morgan fingerprint density at radius 2 is 1.63 bits per heavy atom. The molecule has 1 heterocycles. The topological polar surface area (TPSA) is 127 Å². The van der Waals surface area contributed by atoms with E-state index in [9.17, 15) is 24.6 Å². The van der Waals surface area contributed by atoms with Crippen LogP contribution in [0, 0.1) is 0 Å². The molecule has 0 fully saturated rings. The Hall–Kier alpha value is -2.71. The van der Waals surface area contributed by atoms with Gasteiger partial charge in [0.05, 0.1) is 6.42 Å². The molecule has 0 aromatic carbocycles. The Morgan fingerprint density at radius 1 is 1.03 bits per heavy atom. The molecule has 0 aliphatic rings. The number of nitrogens with zero attached hydrogens (tertiary/aromatic N) is 1. The predicted molar refractivity (Wildman–Crippen MR) is 110 cm³/mol. The van der Waals surface area contributed by atoms with Crippen LogP contribution in [0.5, 0.6) is 11.8 Å². The second-order valence-electron chi connectivity index (χ2n) is 8.16. The Labute approximate surface area is 177 Å². The molecular weight excluding hydrogens is 392 g/mol. The number of esters is 1. The van der Waals surface area contributed by atoms with Crippen LogP contribution >= 0.6 is 0 Å². The van der Waals surface area contributed by atoms with Crippen LogP contribution in [-0.4, -0.2) is 44.4 Å². The third kappa shape index (κ3) is 9.67. The van der Waals surface area contributed by atoms with Crippen molar-refractivity contribution >= 4 is 17.8 Å². The van der Waals surface area contributed by atoms with Crippen molar-refractivity contribution in [2.24, 2.45) is 0 Å². The maximum absolute atomic E-state index is 12.5. The van der Waals surface area contributed by atoms with Gasteiger partial charge in [0.25, 0.3) is 0 Å². The minimum absolute atomic E-state index is 0.0435. The summed E-state index contributed by atoms with van der Waals surface area (Å²) in [6, 6.07) is 1.31. The number of unbranched alkanes of at least 4 members (excludes halogenated alkanes) is 4. The van der Waals surface area contributed by atoms with Gasteiger partial charge in [-0.25, -0.2) is 9.59 Å². The summed E-state index contributed by atoms with van der Waals surface area (Å²) in [5.41, 5.74) is -0.747. The minimum Gasteiger partial charge on any atom is -0.492 e. The third-order valence-electron chi connectivity index (χ3n) is 4.16. The Balaban J connectivity index is 2.63. The first-order chi connectivity index (χ1) is 14.0. The normalized spacial score (nSPS) is 12.3. The van der Waals surface area contributed by atoms with Crippen molar-refractivity contribution in [3.63, 3.8) is 0 Å². The summed E-state index contributed by atoms with van der Waals surface area (Å²) in [5.74, 6) is -2.60. The van der Waals surface area contributed by atoms with Crippen molar-refractivity contribution in [3.05, 3.63) is 12.1 Å². The maximum atomic E-state index is 12.5. The average molecular weight is 427 g/mol. The van der Waals surface area contributed by atoms with E-state index in [4.69, 9.17) is 9.57 Å². The highest BCUT2D eigenvalue weighted by molar-refractivity contribution is 5.85. The number of aromatic hydroxyl groups is 2. The van der Waals surface area contributed by atoms with Gasteiger partial charge < -0.3 is 25.1 Å². The van der Waals surface area contributed by atoms with Crippen LogP contribution in [0.4, 0.5) is 0 Å². The number of hydrogen-bond acceptors (Lipinski definition) is 7. The van der Waals surface area contributed by atoms with Gasteiger partial charge >= 0.3 is 11.9 Å². The number of ether oxygens (including phenoxy) is 1. The number of aromatic nitrogens is 1. The van der Waals surface area contributed by atoms with Crippen molar-refractivity contribution in [2.75, 3.05) is 0 Å². The predicted octanol–water partition coefficient (Wildman–Crippen LogP) is 2.82. The number of hydrogen-bond donors (Lipinski definition) is 3. The lowest BCUT2D eigenvalue weighted by Gasteiger charge is -2.24. The van der Waals surface area contributed by atoms with Crippen LogP contribution in [0.1, 0.15) is 79.1 Å². The molecule has 0 unspecified atom stereocenters. The zero-order valence-electron chi connectivity index (χ0n) is 18.3. The van der Waals surface area contributed by atoms with Gasteiger partial charge in [-0.2, -0.15) is 0 Å². The second kappa shape index (κ2) is 12.1. The van der Waals surface area contributed by atoms with Crippen LogP contribution in [0.25, 0.3) is 0 Å². The average Bonchev–Trinajstić information content (AvgIpc) is 2.95. The lowest BCUT2D eigenvalue weighted by atomic mass is 10.1. The molecule has 170 valence electrons. The summed E-state index contributed by atoms with van der Waals surface area (Å²) < 4.78 is 5.91. The maximum Gasteiger partial charge on any atom is 0.333 e. The van der Waals surface area contributed by atoms with Crippen LogP contribution in [-0.2, 0) is 19.1 Å². The van der Waals surface area contributed by atoms with Crippen molar-refractivity contribution in [1.29, 1.82) is 0 Å². The molecular formula is C21H34N2O7. The van der Waals surface area contributed by atoms with E-state index in [-0.39, 0.29) is 18.7 Å². The fraction of sp³-hybridized carbons (Fsp3) is 0.667. The number of carbonyl (C=O) groups is 3. The van der Waals surface area contributed by atoms with Gasteiger partial charge in [0.1, 0.15) is 11.6 Å². The quantitative estimate of drug-likeness (QED) is 0.346. The Bertz CT molecular complexity index is 687. The van der Waals surface area contributed by atoms with Gasteiger partial charge in [-0.15, -0.1) is 4.73 Å². The fourth-order valence-corrected chi connectivity index (χ4v) is 2.68. The van der Waals surface area contributed by atoms with Gasteiger partial charge in [0, 0.05) is 18.6 Å². The van der Waals surface area contributed by atoms with Crippen LogP contribution in [0.3, 0.4) is 0 Å². The zero-order valence-corrected chi connectivity index (χ0v) is 18.3. The van der Waals surface area contributed by atoms with Gasteiger partial charge in [-0.1, -0.05) is 32.6 Å². The molecule has 3 N–H and O–H groups in total. The summed E-state index contributed by atoms with van der Waals surface area (Å²) in [5, 5.41) is 21.7. The van der Waals surface area contributed by atoms with Gasteiger partial charge in [0.15, 0.2) is 0 Å². The first kappa shape index (κ1) is 25.3. The Morgan fingerprint density at radius 3 is 2.20 bits per heavy atom. The van der Waals surface area contributed by atoms with Crippen LogP contribution in [0.2, 0.25) is 0 Å². The lowest BCUT2D eigenvalue weighted by molar-refractivity contribution is -0.159. The zero-order chi connectivity index (χ0) is 22.7. The first-order valence-electron chi connectivity index (χ1n) is 10.4. The molecule has 1 aromatic heterocycles. The molecule has 0 bridgehead atoms. The molecule has 1 amide bonds. The van der Waals surface area contributed by atoms with E-state index in [0.717, 1.165) is 44.2 Å². The van der Waals surface area contributed by atoms with E-state index in [1.54, 1.807) is 20.8 Å². The van der Waals surface area contributed by atoms with E-state index in [1.807, 2.05) is 0 Å². The molecule has 0 aliphatic carbocycles. The smallest absolute Gasteiger partial charge is 0.333 e. The molecule has 1 rings (SSSR count). The molecule has 0 spiro atoms. The van der Waals surface area contributed by atoms with Crippen LogP contribution in [0.15, 0.2) is 12.1 Å². The summed E-state index contributed by atoms with van der Waals surface area (Å²) in [7, 11) is 0. The van der Waals surface area contributed by atoms with E-state index >= 15 is 0 Å². The van der Waals surface area contributed by atoms with Crippen molar-refractivity contribution in [2.45, 2.75) is 90.7 Å². The van der Waals surface area contributed by atoms with Crippen molar-refractivity contribution in [1.82, 2.24) is 10.0 Å². The largest absolute Gasteiger partial charge is 0.492 e. The number of carbonyl (C=O) groups excluding carboxylic acids is 3. The third-order valence-corrected chi connectivity index (χ3v) is 4.16. The summed E-state index contributed by atoms with van der Waals surface area (Å²) in [6.07, 6.45) is 4.96. The highest BCUT2D eigenvalue weighted by Crippen LogP contribution is 2.19. The molecule has 0 saturated heterocycles. The molecule has 9 nitrogen and oxygen atoms in total. The highest BCUT2D eigenvalue weighted by Gasteiger charge is 2.27. The molecule has 1 aromatic rings. The molecule has 0 aliphatic heterocycles. The summed E-state index contributed by atoms with van der Waals surface area (Å²) >= 11 is 0. The van der Waals surface area contributed by atoms with Gasteiger partial charge in [-0.05, 0) is 33.6 Å². The lowest BCUT2D eigenvalue weighted by Crippen LogP contribution is -2.44. The molecule has 1 atom stereocenters. The first-order valence-corrected chi connectivity index (χ1v) is 10.4. The number of amides is 1.